The van der Waals surface area contributed by atoms with Gasteiger partial charge in [-0.05, 0) is 56.0 Å². The number of carbonyl (C=O) groups excluding carboxylic acids is 2. The van der Waals surface area contributed by atoms with Gasteiger partial charge in [-0.2, -0.15) is 0 Å². The maximum Gasteiger partial charge on any atom is 0.338 e. The first kappa shape index (κ1) is 17.8. The lowest BCUT2D eigenvalue weighted by Crippen LogP contribution is -2.30. The van der Waals surface area contributed by atoms with E-state index in [-0.39, 0.29) is 18.0 Å². The van der Waals surface area contributed by atoms with Crippen molar-refractivity contribution in [3.05, 3.63) is 54.1 Å². The largest absolute Gasteiger partial charge is 0.459 e. The zero-order valence-electron chi connectivity index (χ0n) is 14.4. The number of benzene rings is 2. The van der Waals surface area contributed by atoms with Gasteiger partial charge in [0.25, 0.3) is 0 Å². The van der Waals surface area contributed by atoms with Gasteiger partial charge in [0.1, 0.15) is 11.9 Å². The Bertz CT molecular complexity index is 763. The molecule has 136 valence electrons. The van der Waals surface area contributed by atoms with Crippen molar-refractivity contribution in [2.24, 2.45) is 5.92 Å². The SMILES string of the molecule is Nc1cc(N)cc(C(=O)OC2CCC(C(=O)Oc3ccccc3)CC2)c1. The van der Waals surface area contributed by atoms with Gasteiger partial charge in [0.2, 0.25) is 0 Å². The lowest BCUT2D eigenvalue weighted by atomic mass is 9.87. The van der Waals surface area contributed by atoms with E-state index in [1.807, 2.05) is 18.2 Å². The standard InChI is InChI=1S/C20H22N2O4/c21-15-10-14(11-16(22)12-15)20(24)26-18-8-6-13(7-9-18)19(23)25-17-4-2-1-3-5-17/h1-5,10-13,18H,6-9,21-22H2. The van der Waals surface area contributed by atoms with Gasteiger partial charge in [0, 0.05) is 11.4 Å². The number of hydrogen-bond acceptors (Lipinski definition) is 6. The fourth-order valence-corrected chi connectivity index (χ4v) is 3.12. The van der Waals surface area contributed by atoms with Crippen LogP contribution in [0.4, 0.5) is 11.4 Å². The fourth-order valence-electron chi connectivity index (χ4n) is 3.12. The summed E-state index contributed by atoms with van der Waals surface area (Å²) in [5.74, 6) is -0.303. The van der Waals surface area contributed by atoms with Crippen molar-refractivity contribution in [1.29, 1.82) is 0 Å². The minimum absolute atomic E-state index is 0.173. The molecule has 0 radical (unpaired) electrons. The maximum atomic E-state index is 12.2. The lowest BCUT2D eigenvalue weighted by molar-refractivity contribution is -0.140. The Balaban J connectivity index is 1.50. The summed E-state index contributed by atoms with van der Waals surface area (Å²) >= 11 is 0. The van der Waals surface area contributed by atoms with Crippen molar-refractivity contribution < 1.29 is 19.1 Å². The number of hydrogen-bond donors (Lipinski definition) is 2. The van der Waals surface area contributed by atoms with Gasteiger partial charge >= 0.3 is 11.9 Å². The molecule has 3 rings (SSSR count). The maximum absolute atomic E-state index is 12.2. The van der Waals surface area contributed by atoms with Crippen LogP contribution in [-0.2, 0) is 9.53 Å². The summed E-state index contributed by atoms with van der Waals surface area (Å²) in [6.07, 6.45) is 2.28. The molecule has 0 heterocycles. The molecular formula is C20H22N2O4. The number of carbonyl (C=O) groups is 2. The summed E-state index contributed by atoms with van der Waals surface area (Å²) in [7, 11) is 0. The molecule has 1 aliphatic carbocycles. The molecule has 6 nitrogen and oxygen atoms in total. The second-order valence-electron chi connectivity index (χ2n) is 6.50. The van der Waals surface area contributed by atoms with E-state index in [4.69, 9.17) is 20.9 Å². The van der Waals surface area contributed by atoms with Crippen LogP contribution in [-0.4, -0.2) is 18.0 Å². The molecular weight excluding hydrogens is 332 g/mol. The van der Waals surface area contributed by atoms with Gasteiger partial charge in [0.05, 0.1) is 11.5 Å². The second-order valence-corrected chi connectivity index (χ2v) is 6.50. The molecule has 1 saturated carbocycles. The zero-order valence-corrected chi connectivity index (χ0v) is 14.4. The van der Waals surface area contributed by atoms with E-state index in [9.17, 15) is 9.59 Å². The smallest absolute Gasteiger partial charge is 0.338 e. The molecule has 6 heteroatoms. The fraction of sp³-hybridized carbons (Fsp3) is 0.300. The van der Waals surface area contributed by atoms with Gasteiger partial charge in [-0.15, -0.1) is 0 Å². The Hall–Kier alpha value is -3.02. The molecule has 0 bridgehead atoms. The van der Waals surface area contributed by atoms with Crippen LogP contribution in [0.3, 0.4) is 0 Å². The molecule has 4 N–H and O–H groups in total. The molecule has 1 fully saturated rings. The first-order valence-corrected chi connectivity index (χ1v) is 8.65. The number of nitrogens with two attached hydrogens (primary N) is 2. The van der Waals surface area contributed by atoms with Crippen LogP contribution in [0.25, 0.3) is 0 Å². The summed E-state index contributed by atoms with van der Waals surface area (Å²) in [5, 5.41) is 0. The average Bonchev–Trinajstić information content (AvgIpc) is 2.62. The number of para-hydroxylation sites is 1. The first-order valence-electron chi connectivity index (χ1n) is 8.65. The summed E-state index contributed by atoms with van der Waals surface area (Å²) in [5.41, 5.74) is 12.6. The second kappa shape index (κ2) is 7.91. The highest BCUT2D eigenvalue weighted by atomic mass is 16.5. The quantitative estimate of drug-likeness (QED) is 0.496. The Kier molecular flexibility index (Phi) is 5.41. The van der Waals surface area contributed by atoms with Crippen molar-refractivity contribution >= 4 is 23.3 Å². The van der Waals surface area contributed by atoms with E-state index in [0.29, 0.717) is 48.4 Å². The Labute approximate surface area is 152 Å². The van der Waals surface area contributed by atoms with E-state index >= 15 is 0 Å². The van der Waals surface area contributed by atoms with Crippen LogP contribution in [0, 0.1) is 5.92 Å². The van der Waals surface area contributed by atoms with E-state index in [2.05, 4.69) is 0 Å². The van der Waals surface area contributed by atoms with E-state index in [0.717, 1.165) is 0 Å². The summed E-state index contributed by atoms with van der Waals surface area (Å²) in [6.45, 7) is 0. The molecule has 26 heavy (non-hydrogen) atoms. The van der Waals surface area contributed by atoms with Crippen molar-refractivity contribution in [3.63, 3.8) is 0 Å². The van der Waals surface area contributed by atoms with Crippen LogP contribution in [0.5, 0.6) is 5.75 Å². The van der Waals surface area contributed by atoms with Crippen LogP contribution >= 0.6 is 0 Å². The Morgan fingerprint density at radius 2 is 1.50 bits per heavy atom. The third kappa shape index (κ3) is 4.53. The summed E-state index contributed by atoms with van der Waals surface area (Å²) < 4.78 is 10.9. The number of nitrogen functional groups attached to an aromatic ring is 2. The van der Waals surface area contributed by atoms with E-state index in [1.165, 1.54) is 0 Å². The molecule has 0 saturated heterocycles. The van der Waals surface area contributed by atoms with Crippen molar-refractivity contribution in [2.75, 3.05) is 11.5 Å². The van der Waals surface area contributed by atoms with Gasteiger partial charge in [0.15, 0.2) is 0 Å². The molecule has 0 spiro atoms. The molecule has 0 atom stereocenters. The number of rotatable bonds is 4. The molecule has 1 aliphatic rings. The number of esters is 2. The van der Waals surface area contributed by atoms with Crippen LogP contribution in [0.1, 0.15) is 36.0 Å². The van der Waals surface area contributed by atoms with E-state index < -0.39 is 5.97 Å². The predicted molar refractivity (Wildman–Crippen MR) is 98.5 cm³/mol. The predicted octanol–water partition coefficient (Wildman–Crippen LogP) is 3.17. The molecule has 2 aromatic carbocycles. The lowest BCUT2D eigenvalue weighted by Gasteiger charge is -2.27. The first-order chi connectivity index (χ1) is 12.5. The van der Waals surface area contributed by atoms with Gasteiger partial charge < -0.3 is 20.9 Å². The highest BCUT2D eigenvalue weighted by Crippen LogP contribution is 2.28. The van der Waals surface area contributed by atoms with E-state index in [1.54, 1.807) is 30.3 Å². The van der Waals surface area contributed by atoms with Crippen molar-refractivity contribution in [2.45, 2.75) is 31.8 Å². The highest BCUT2D eigenvalue weighted by Gasteiger charge is 2.29. The topological polar surface area (TPSA) is 105 Å². The normalized spacial score (nSPS) is 19.5. The van der Waals surface area contributed by atoms with Gasteiger partial charge in [-0.25, -0.2) is 4.79 Å². The van der Waals surface area contributed by atoms with Crippen LogP contribution in [0.15, 0.2) is 48.5 Å². The monoisotopic (exact) mass is 354 g/mol. The van der Waals surface area contributed by atoms with Gasteiger partial charge in [-0.1, -0.05) is 18.2 Å². The minimum Gasteiger partial charge on any atom is -0.459 e. The summed E-state index contributed by atoms with van der Waals surface area (Å²) in [6, 6.07) is 13.7. The van der Waals surface area contributed by atoms with Gasteiger partial charge in [-0.3, -0.25) is 4.79 Å². The zero-order chi connectivity index (χ0) is 18.5. The molecule has 2 aromatic rings. The van der Waals surface area contributed by atoms with Crippen LogP contribution in [0.2, 0.25) is 0 Å². The minimum atomic E-state index is -0.445. The third-order valence-corrected chi connectivity index (χ3v) is 4.46. The highest BCUT2D eigenvalue weighted by molar-refractivity contribution is 5.91. The van der Waals surface area contributed by atoms with Crippen molar-refractivity contribution in [3.8, 4) is 5.75 Å². The average molecular weight is 354 g/mol. The summed E-state index contributed by atoms with van der Waals surface area (Å²) in [4.78, 5) is 24.5. The number of ether oxygens (including phenoxy) is 2. The Morgan fingerprint density at radius 3 is 2.12 bits per heavy atom. The molecule has 0 amide bonds. The molecule has 0 unspecified atom stereocenters. The third-order valence-electron chi connectivity index (χ3n) is 4.46. The molecule has 0 aromatic heterocycles. The van der Waals surface area contributed by atoms with Crippen LogP contribution < -0.4 is 16.2 Å². The Morgan fingerprint density at radius 1 is 0.885 bits per heavy atom. The number of anilines is 2. The van der Waals surface area contributed by atoms with Crippen molar-refractivity contribution in [1.82, 2.24) is 0 Å². The molecule has 0 aliphatic heterocycles.